The van der Waals surface area contributed by atoms with Gasteiger partial charge in [-0.2, -0.15) is 0 Å². The Bertz CT molecular complexity index is 678. The molecule has 6 heteroatoms. The van der Waals surface area contributed by atoms with Crippen LogP contribution in [-0.2, 0) is 17.6 Å². The summed E-state index contributed by atoms with van der Waals surface area (Å²) < 4.78 is 15.8. The molecular weight excluding hydrogens is 296 g/mol. The highest BCUT2D eigenvalue weighted by Gasteiger charge is 2.24. The molecule has 1 aliphatic carbocycles. The lowest BCUT2D eigenvalue weighted by molar-refractivity contribution is -0.118. The summed E-state index contributed by atoms with van der Waals surface area (Å²) >= 11 is 0. The fourth-order valence-electron chi connectivity index (χ4n) is 2.66. The Morgan fingerprint density at radius 2 is 2.09 bits per heavy atom. The van der Waals surface area contributed by atoms with Gasteiger partial charge in [0.25, 0.3) is 5.91 Å². The minimum Gasteiger partial charge on any atom is -0.497 e. The minimum atomic E-state index is -0.266. The van der Waals surface area contributed by atoms with E-state index in [0.717, 1.165) is 36.3 Å². The van der Waals surface area contributed by atoms with E-state index in [9.17, 15) is 4.79 Å². The molecule has 1 N–H and O–H groups in total. The molecule has 1 aliphatic rings. The number of rotatable bonds is 5. The fraction of sp³-hybridized carbons (Fsp3) is 0.412. The van der Waals surface area contributed by atoms with Crippen LogP contribution in [0.2, 0.25) is 0 Å². The highest BCUT2D eigenvalue weighted by Crippen LogP contribution is 2.30. The van der Waals surface area contributed by atoms with E-state index >= 15 is 0 Å². The van der Waals surface area contributed by atoms with Crippen molar-refractivity contribution in [2.45, 2.75) is 26.2 Å². The predicted octanol–water partition coefficient (Wildman–Crippen LogP) is 2.83. The average Bonchev–Trinajstić information content (AvgIpc) is 2.95. The molecule has 1 atom stereocenters. The summed E-state index contributed by atoms with van der Waals surface area (Å²) in [7, 11) is 1.60. The van der Waals surface area contributed by atoms with Gasteiger partial charge in [-0.25, -0.2) is 0 Å². The number of aryl methyl sites for hydroxylation is 1. The normalized spacial score (nSPS) is 16.5. The second-order valence-corrected chi connectivity index (χ2v) is 5.80. The number of ether oxygens (including phenoxy) is 2. The van der Waals surface area contributed by atoms with Crippen LogP contribution < -0.4 is 14.8 Å². The van der Waals surface area contributed by atoms with Crippen LogP contribution in [0.3, 0.4) is 0 Å². The summed E-state index contributed by atoms with van der Waals surface area (Å²) in [6, 6.07) is 7.07. The number of nitrogens with one attached hydrogen (secondary N) is 1. The summed E-state index contributed by atoms with van der Waals surface area (Å²) in [5, 5.41) is 6.78. The third-order valence-electron chi connectivity index (χ3n) is 3.98. The topological polar surface area (TPSA) is 73.6 Å². The second-order valence-electron chi connectivity index (χ2n) is 5.80. The van der Waals surface area contributed by atoms with Gasteiger partial charge in [-0.15, -0.1) is 0 Å². The number of anilines is 1. The van der Waals surface area contributed by atoms with Gasteiger partial charge in [-0.05, 0) is 49.4 Å². The van der Waals surface area contributed by atoms with E-state index in [1.807, 2.05) is 0 Å². The lowest BCUT2D eigenvalue weighted by Crippen LogP contribution is -2.21. The molecule has 2 aromatic rings. The summed E-state index contributed by atoms with van der Waals surface area (Å²) in [6.45, 7) is 2.10. The van der Waals surface area contributed by atoms with E-state index in [-0.39, 0.29) is 12.5 Å². The Hall–Kier alpha value is -2.50. The summed E-state index contributed by atoms with van der Waals surface area (Å²) in [5.41, 5.74) is 1.97. The van der Waals surface area contributed by atoms with Crippen LogP contribution in [0.25, 0.3) is 0 Å². The first-order chi connectivity index (χ1) is 11.2. The second kappa shape index (κ2) is 6.73. The standard InChI is InChI=1S/C17H20N2O4/c1-11-3-8-15-14(9-11)17(23-19-15)18-16(20)10-22-13-6-4-12(21-2)5-7-13/h4-7,11H,3,8-10H2,1-2H3,(H,18,20)/t11-/m0/s1. The number of benzene rings is 1. The molecule has 122 valence electrons. The zero-order valence-electron chi connectivity index (χ0n) is 13.3. The number of methoxy groups -OCH3 is 1. The van der Waals surface area contributed by atoms with E-state index in [0.29, 0.717) is 17.6 Å². The molecule has 0 radical (unpaired) electrons. The van der Waals surface area contributed by atoms with Gasteiger partial charge in [0, 0.05) is 5.56 Å². The lowest BCUT2D eigenvalue weighted by atomic mass is 9.89. The molecule has 0 bridgehead atoms. The number of carbonyl (C=O) groups excluding carboxylic acids is 1. The maximum atomic E-state index is 12.0. The Morgan fingerprint density at radius 3 is 2.83 bits per heavy atom. The maximum absolute atomic E-state index is 12.0. The molecule has 1 aromatic heterocycles. The van der Waals surface area contributed by atoms with Gasteiger partial charge in [0.2, 0.25) is 5.88 Å². The van der Waals surface area contributed by atoms with Crippen molar-refractivity contribution in [3.8, 4) is 11.5 Å². The van der Waals surface area contributed by atoms with E-state index in [2.05, 4.69) is 17.4 Å². The van der Waals surface area contributed by atoms with Crippen LogP contribution in [-0.4, -0.2) is 24.8 Å². The van der Waals surface area contributed by atoms with Crippen molar-refractivity contribution in [1.29, 1.82) is 0 Å². The number of carbonyl (C=O) groups is 1. The SMILES string of the molecule is COc1ccc(OCC(=O)Nc2onc3c2C[C@@H](C)CC3)cc1. The first kappa shape index (κ1) is 15.4. The molecule has 0 unspecified atom stereocenters. The molecule has 0 saturated carbocycles. The molecule has 1 amide bonds. The molecule has 23 heavy (non-hydrogen) atoms. The van der Waals surface area contributed by atoms with E-state index in [1.165, 1.54) is 0 Å². The molecule has 0 aliphatic heterocycles. The Balaban J connectivity index is 1.56. The lowest BCUT2D eigenvalue weighted by Gasteiger charge is -2.16. The largest absolute Gasteiger partial charge is 0.497 e. The van der Waals surface area contributed by atoms with Gasteiger partial charge in [0.1, 0.15) is 11.5 Å². The van der Waals surface area contributed by atoms with Crippen molar-refractivity contribution in [3.05, 3.63) is 35.5 Å². The Kier molecular flexibility index (Phi) is 4.50. The monoisotopic (exact) mass is 316 g/mol. The molecule has 0 fully saturated rings. The van der Waals surface area contributed by atoms with Crippen LogP contribution in [0.5, 0.6) is 11.5 Å². The average molecular weight is 316 g/mol. The molecular formula is C17H20N2O4. The van der Waals surface area contributed by atoms with Gasteiger partial charge in [-0.3, -0.25) is 10.1 Å². The number of fused-ring (bicyclic) bond motifs is 1. The van der Waals surface area contributed by atoms with Crippen molar-refractivity contribution in [3.63, 3.8) is 0 Å². The Morgan fingerprint density at radius 1 is 1.35 bits per heavy atom. The molecule has 1 heterocycles. The number of hydrogen-bond acceptors (Lipinski definition) is 5. The Labute approximate surface area is 134 Å². The van der Waals surface area contributed by atoms with Crippen molar-refractivity contribution in [2.24, 2.45) is 5.92 Å². The third kappa shape index (κ3) is 3.64. The predicted molar refractivity (Wildman–Crippen MR) is 84.8 cm³/mol. The highest BCUT2D eigenvalue weighted by atomic mass is 16.5. The van der Waals surface area contributed by atoms with E-state index in [1.54, 1.807) is 31.4 Å². The van der Waals surface area contributed by atoms with Crippen LogP contribution in [0, 0.1) is 5.92 Å². The van der Waals surface area contributed by atoms with Gasteiger partial charge in [-0.1, -0.05) is 12.1 Å². The molecule has 1 aromatic carbocycles. The summed E-state index contributed by atoms with van der Waals surface area (Å²) in [4.78, 5) is 12.0. The summed E-state index contributed by atoms with van der Waals surface area (Å²) in [5.74, 6) is 2.11. The molecule has 0 saturated heterocycles. The van der Waals surface area contributed by atoms with Gasteiger partial charge in [0.05, 0.1) is 12.8 Å². The first-order valence-electron chi connectivity index (χ1n) is 7.70. The number of nitrogens with zero attached hydrogens (tertiary/aromatic N) is 1. The van der Waals surface area contributed by atoms with E-state index in [4.69, 9.17) is 14.0 Å². The van der Waals surface area contributed by atoms with Crippen molar-refractivity contribution >= 4 is 11.8 Å². The van der Waals surface area contributed by atoms with Crippen LogP contribution in [0.4, 0.5) is 5.88 Å². The number of hydrogen-bond donors (Lipinski definition) is 1. The van der Waals surface area contributed by atoms with Crippen LogP contribution in [0.15, 0.2) is 28.8 Å². The number of aromatic nitrogens is 1. The maximum Gasteiger partial charge on any atom is 0.264 e. The molecule has 3 rings (SSSR count). The van der Waals surface area contributed by atoms with Crippen molar-refractivity contribution in [2.75, 3.05) is 19.0 Å². The van der Waals surface area contributed by atoms with Crippen molar-refractivity contribution < 1.29 is 18.8 Å². The zero-order chi connectivity index (χ0) is 16.2. The molecule has 6 nitrogen and oxygen atoms in total. The third-order valence-corrected chi connectivity index (χ3v) is 3.98. The van der Waals surface area contributed by atoms with Crippen LogP contribution in [0.1, 0.15) is 24.6 Å². The van der Waals surface area contributed by atoms with Gasteiger partial charge >= 0.3 is 0 Å². The molecule has 0 spiro atoms. The quantitative estimate of drug-likeness (QED) is 0.918. The van der Waals surface area contributed by atoms with Crippen molar-refractivity contribution in [1.82, 2.24) is 5.16 Å². The van der Waals surface area contributed by atoms with Crippen LogP contribution >= 0.6 is 0 Å². The highest BCUT2D eigenvalue weighted by molar-refractivity contribution is 5.91. The minimum absolute atomic E-state index is 0.0860. The van der Waals surface area contributed by atoms with Gasteiger partial charge < -0.3 is 14.0 Å². The number of amides is 1. The summed E-state index contributed by atoms with van der Waals surface area (Å²) in [6.07, 6.45) is 2.89. The first-order valence-corrected chi connectivity index (χ1v) is 7.70. The van der Waals surface area contributed by atoms with Gasteiger partial charge in [0.15, 0.2) is 6.61 Å². The zero-order valence-corrected chi connectivity index (χ0v) is 13.3. The smallest absolute Gasteiger partial charge is 0.264 e. The van der Waals surface area contributed by atoms with E-state index < -0.39 is 0 Å². The fourth-order valence-corrected chi connectivity index (χ4v) is 2.66.